The Balaban J connectivity index is 1.78. The minimum absolute atomic E-state index is 0.0228. The van der Waals surface area contributed by atoms with E-state index in [4.69, 9.17) is 15.2 Å². The van der Waals surface area contributed by atoms with E-state index in [1.54, 1.807) is 0 Å². The molecule has 9 heteroatoms. The number of nitrogens with zero attached hydrogens (tertiary/aromatic N) is 3. The summed E-state index contributed by atoms with van der Waals surface area (Å²) in [5.74, 6) is -1.67. The summed E-state index contributed by atoms with van der Waals surface area (Å²) >= 11 is 0. The molecule has 1 spiro atoms. The van der Waals surface area contributed by atoms with E-state index < -0.39 is 29.5 Å². The summed E-state index contributed by atoms with van der Waals surface area (Å²) in [5.41, 5.74) is 4.71. The second kappa shape index (κ2) is 6.21. The van der Waals surface area contributed by atoms with Crippen molar-refractivity contribution >= 4 is 11.9 Å². The van der Waals surface area contributed by atoms with Crippen molar-refractivity contribution in [1.82, 2.24) is 9.88 Å². The van der Waals surface area contributed by atoms with E-state index in [0.717, 1.165) is 6.42 Å². The van der Waals surface area contributed by atoms with Crippen LogP contribution in [0.25, 0.3) is 11.1 Å². The fourth-order valence-electron chi connectivity index (χ4n) is 4.35. The Kier molecular flexibility index (Phi) is 3.86. The lowest BCUT2D eigenvalue weighted by molar-refractivity contribution is -0.151. The lowest BCUT2D eigenvalue weighted by Crippen LogP contribution is -2.59. The number of aromatic nitrogens is 1. The number of halogens is 2. The molecular formula is C20H18F2N4O3. The van der Waals surface area contributed by atoms with Crippen molar-refractivity contribution in [2.75, 3.05) is 13.7 Å². The zero-order chi connectivity index (χ0) is 20.3. The van der Waals surface area contributed by atoms with E-state index in [0.29, 0.717) is 18.6 Å². The van der Waals surface area contributed by atoms with Crippen LogP contribution in [0.3, 0.4) is 0 Å². The normalized spacial score (nSPS) is 28.0. The fraction of sp³-hybridized carbons (Fsp3) is 0.350. The standard InChI is InChI=1S/C20H18F2N4O3/c1-26-18(27)20(25-19(26)23)12-8-11(10-4-2-6-24-17(10)22)13(21)9-15(12)29-14-5-3-7-28-16(14)20/h2,4,6,8-9,14,16H,3,5,7H2,1H3,(H2,23,25)/t14-,16-,20-/m0/s1. The first-order valence-corrected chi connectivity index (χ1v) is 9.30. The van der Waals surface area contributed by atoms with E-state index in [1.807, 2.05) is 0 Å². The van der Waals surface area contributed by atoms with Gasteiger partial charge in [0.15, 0.2) is 5.96 Å². The molecule has 0 unspecified atom stereocenters. The van der Waals surface area contributed by atoms with Crippen molar-refractivity contribution in [3.8, 4) is 16.9 Å². The predicted molar refractivity (Wildman–Crippen MR) is 99.0 cm³/mol. The van der Waals surface area contributed by atoms with Gasteiger partial charge in [-0.25, -0.2) is 14.4 Å². The van der Waals surface area contributed by atoms with Gasteiger partial charge < -0.3 is 15.2 Å². The second-order valence-corrected chi connectivity index (χ2v) is 7.36. The fourth-order valence-corrected chi connectivity index (χ4v) is 4.35. The van der Waals surface area contributed by atoms with E-state index in [9.17, 15) is 13.6 Å². The van der Waals surface area contributed by atoms with E-state index in [-0.39, 0.29) is 28.7 Å². The molecule has 1 fully saturated rings. The molecule has 29 heavy (non-hydrogen) atoms. The van der Waals surface area contributed by atoms with Crippen LogP contribution >= 0.6 is 0 Å². The molecule has 3 aliphatic heterocycles. The van der Waals surface area contributed by atoms with Crippen LogP contribution in [0.15, 0.2) is 35.5 Å². The zero-order valence-corrected chi connectivity index (χ0v) is 15.6. The number of pyridine rings is 1. The summed E-state index contributed by atoms with van der Waals surface area (Å²) in [6.45, 7) is 0.444. The maximum Gasteiger partial charge on any atom is 0.264 e. The number of aliphatic imine (C=N–C) groups is 1. The maximum atomic E-state index is 14.9. The zero-order valence-electron chi connectivity index (χ0n) is 15.6. The third-order valence-corrected chi connectivity index (χ3v) is 5.75. The topological polar surface area (TPSA) is 90.0 Å². The van der Waals surface area contributed by atoms with Gasteiger partial charge in [-0.05, 0) is 31.0 Å². The minimum Gasteiger partial charge on any atom is -0.487 e. The Labute approximate surface area is 165 Å². The van der Waals surface area contributed by atoms with Gasteiger partial charge in [0, 0.05) is 42.6 Å². The summed E-state index contributed by atoms with van der Waals surface area (Å²) in [5, 5.41) is 0. The SMILES string of the molecule is CN1C(=O)[C@]2(N=C1N)c1cc(-c3cccnc3F)c(F)cc1O[C@H]1CCCO[C@@H]12. The molecule has 4 heterocycles. The molecule has 1 saturated heterocycles. The number of hydrogen-bond acceptors (Lipinski definition) is 6. The van der Waals surface area contributed by atoms with Crippen LogP contribution in [0.1, 0.15) is 18.4 Å². The smallest absolute Gasteiger partial charge is 0.264 e. The summed E-state index contributed by atoms with van der Waals surface area (Å²) in [6, 6.07) is 5.49. The summed E-state index contributed by atoms with van der Waals surface area (Å²) in [7, 11) is 1.52. The van der Waals surface area contributed by atoms with Gasteiger partial charge in [-0.15, -0.1) is 0 Å². The van der Waals surface area contributed by atoms with Gasteiger partial charge in [-0.3, -0.25) is 9.69 Å². The van der Waals surface area contributed by atoms with Gasteiger partial charge in [0.1, 0.15) is 23.8 Å². The van der Waals surface area contributed by atoms with Crippen molar-refractivity contribution in [3.05, 3.63) is 47.8 Å². The molecular weight excluding hydrogens is 382 g/mol. The van der Waals surface area contributed by atoms with Gasteiger partial charge in [0.05, 0.1) is 0 Å². The molecule has 1 aromatic carbocycles. The number of carbonyl (C=O) groups is 1. The number of ether oxygens (including phenoxy) is 2. The van der Waals surface area contributed by atoms with Crippen LogP contribution in [0.5, 0.6) is 5.75 Å². The molecule has 1 aromatic heterocycles. The molecule has 0 aliphatic carbocycles. The Bertz CT molecular complexity index is 1060. The Morgan fingerprint density at radius 3 is 2.86 bits per heavy atom. The number of nitrogens with two attached hydrogens (primary N) is 1. The number of likely N-dealkylation sites (N-methyl/N-ethyl adjacent to an activating group) is 1. The van der Waals surface area contributed by atoms with E-state index in [2.05, 4.69) is 9.98 Å². The molecule has 3 aliphatic rings. The highest BCUT2D eigenvalue weighted by Gasteiger charge is 2.61. The van der Waals surface area contributed by atoms with Crippen molar-refractivity contribution in [2.24, 2.45) is 10.7 Å². The van der Waals surface area contributed by atoms with E-state index in [1.165, 1.54) is 42.4 Å². The number of amides is 1. The van der Waals surface area contributed by atoms with Gasteiger partial charge in [0.25, 0.3) is 5.91 Å². The van der Waals surface area contributed by atoms with Gasteiger partial charge in [-0.2, -0.15) is 4.39 Å². The number of carbonyl (C=O) groups excluding carboxylic acids is 1. The largest absolute Gasteiger partial charge is 0.487 e. The van der Waals surface area contributed by atoms with Crippen LogP contribution in [0.4, 0.5) is 8.78 Å². The molecule has 0 saturated carbocycles. The lowest BCUT2D eigenvalue weighted by atomic mass is 9.76. The van der Waals surface area contributed by atoms with Crippen LogP contribution in [-0.2, 0) is 15.1 Å². The number of benzene rings is 1. The molecule has 2 aromatic rings. The summed E-state index contributed by atoms with van der Waals surface area (Å²) < 4.78 is 41.1. The summed E-state index contributed by atoms with van der Waals surface area (Å²) in [6.07, 6.45) is 1.48. The molecule has 7 nitrogen and oxygen atoms in total. The number of rotatable bonds is 1. The third kappa shape index (κ3) is 2.40. The Morgan fingerprint density at radius 2 is 2.14 bits per heavy atom. The molecule has 2 N–H and O–H groups in total. The van der Waals surface area contributed by atoms with Crippen molar-refractivity contribution in [1.29, 1.82) is 0 Å². The monoisotopic (exact) mass is 400 g/mol. The van der Waals surface area contributed by atoms with Crippen molar-refractivity contribution < 1.29 is 23.0 Å². The predicted octanol–water partition coefficient (Wildman–Crippen LogP) is 1.95. The highest BCUT2D eigenvalue weighted by molar-refractivity contribution is 6.08. The van der Waals surface area contributed by atoms with Crippen LogP contribution < -0.4 is 10.5 Å². The average Bonchev–Trinajstić information content (AvgIpc) is 2.93. The van der Waals surface area contributed by atoms with Crippen LogP contribution in [-0.4, -0.2) is 47.6 Å². The highest BCUT2D eigenvalue weighted by Crippen LogP contribution is 2.50. The number of guanidine groups is 1. The first-order chi connectivity index (χ1) is 13.9. The number of fused-ring (bicyclic) bond motifs is 4. The highest BCUT2D eigenvalue weighted by atomic mass is 19.1. The van der Waals surface area contributed by atoms with Crippen molar-refractivity contribution in [3.63, 3.8) is 0 Å². The molecule has 150 valence electrons. The van der Waals surface area contributed by atoms with E-state index >= 15 is 0 Å². The molecule has 3 atom stereocenters. The lowest BCUT2D eigenvalue weighted by Gasteiger charge is -2.45. The van der Waals surface area contributed by atoms with Gasteiger partial charge in [0.2, 0.25) is 11.5 Å². The quantitative estimate of drug-likeness (QED) is 0.739. The molecule has 5 rings (SSSR count). The average molecular weight is 400 g/mol. The molecule has 0 bridgehead atoms. The Hall–Kier alpha value is -3.07. The second-order valence-electron chi connectivity index (χ2n) is 7.36. The maximum absolute atomic E-state index is 14.9. The Morgan fingerprint density at radius 1 is 1.31 bits per heavy atom. The first kappa shape index (κ1) is 18.0. The molecule has 0 radical (unpaired) electrons. The number of hydrogen-bond donors (Lipinski definition) is 1. The van der Waals surface area contributed by atoms with Crippen LogP contribution in [0.2, 0.25) is 0 Å². The molecule has 1 amide bonds. The van der Waals surface area contributed by atoms with Gasteiger partial charge in [-0.1, -0.05) is 0 Å². The minimum atomic E-state index is -1.50. The third-order valence-electron chi connectivity index (χ3n) is 5.75. The van der Waals surface area contributed by atoms with Crippen LogP contribution in [0, 0.1) is 11.8 Å². The first-order valence-electron chi connectivity index (χ1n) is 9.30. The summed E-state index contributed by atoms with van der Waals surface area (Å²) in [4.78, 5) is 22.7. The van der Waals surface area contributed by atoms with Gasteiger partial charge >= 0.3 is 0 Å². The van der Waals surface area contributed by atoms with Crippen molar-refractivity contribution in [2.45, 2.75) is 30.6 Å².